The molecule has 0 unspecified atom stereocenters. The summed E-state index contributed by atoms with van der Waals surface area (Å²) in [6, 6.07) is 6.53. The molecule has 10 heteroatoms. The fourth-order valence-corrected chi connectivity index (χ4v) is 3.36. The van der Waals surface area contributed by atoms with E-state index in [1.165, 1.54) is 0 Å². The summed E-state index contributed by atoms with van der Waals surface area (Å²) in [5.41, 5.74) is 1.54. The summed E-state index contributed by atoms with van der Waals surface area (Å²) in [4.78, 5) is 12.9. The summed E-state index contributed by atoms with van der Waals surface area (Å²) in [7, 11) is 0. The molecule has 6 nitrogen and oxygen atoms in total. The Labute approximate surface area is 160 Å². The summed E-state index contributed by atoms with van der Waals surface area (Å²) in [5.74, 6) is -2.82. The minimum atomic E-state index is -2.46. The van der Waals surface area contributed by atoms with Crippen LogP contribution in [-0.2, 0) is 0 Å². The Morgan fingerprint density at radius 2 is 1.96 bits per heavy atom. The van der Waals surface area contributed by atoms with Gasteiger partial charge in [0.2, 0.25) is 0 Å². The van der Waals surface area contributed by atoms with Gasteiger partial charge in [-0.1, -0.05) is 17.0 Å². The summed E-state index contributed by atoms with van der Waals surface area (Å²) in [5, 5.41) is 14.2. The summed E-state index contributed by atoms with van der Waals surface area (Å²) < 4.78 is 26.5. The number of rotatable bonds is 5. The molecule has 3 rings (SSSR count). The third kappa shape index (κ3) is 4.93. The highest BCUT2D eigenvalue weighted by atomic mass is 35.5. The standard InChI is InChI=1S/C16H19F2N5OS.ClH/c1-10-14(21-22-23(10)12-6-8-19-9-7-12)15(24)20-11-2-4-13(5-3-11)25-16(17)18;/h2-5,12,16,19H,6-9H2,1H3,(H,20,24);1H. The average Bonchev–Trinajstić information content (AvgIpc) is 2.98. The van der Waals surface area contributed by atoms with E-state index in [1.807, 2.05) is 11.6 Å². The van der Waals surface area contributed by atoms with Crippen LogP contribution in [0.5, 0.6) is 0 Å². The molecule has 2 aromatic rings. The highest BCUT2D eigenvalue weighted by molar-refractivity contribution is 7.99. The van der Waals surface area contributed by atoms with Crippen molar-refractivity contribution in [2.45, 2.75) is 36.5 Å². The number of hydrogen-bond donors (Lipinski definition) is 2. The van der Waals surface area contributed by atoms with Gasteiger partial charge >= 0.3 is 0 Å². The van der Waals surface area contributed by atoms with Crippen LogP contribution in [0.2, 0.25) is 0 Å². The lowest BCUT2D eigenvalue weighted by atomic mass is 10.1. The zero-order valence-electron chi connectivity index (χ0n) is 14.1. The quantitative estimate of drug-likeness (QED) is 0.747. The molecule has 1 aliphatic rings. The van der Waals surface area contributed by atoms with E-state index in [0.29, 0.717) is 22.3 Å². The number of nitrogens with zero attached hydrogens (tertiary/aromatic N) is 3. The molecule has 1 aliphatic heterocycles. The van der Waals surface area contributed by atoms with Gasteiger partial charge < -0.3 is 10.6 Å². The molecule has 1 fully saturated rings. The minimum Gasteiger partial charge on any atom is -0.321 e. The van der Waals surface area contributed by atoms with Gasteiger partial charge in [0.15, 0.2) is 5.69 Å². The van der Waals surface area contributed by atoms with E-state index in [-0.39, 0.29) is 30.0 Å². The molecule has 2 heterocycles. The number of carbonyl (C=O) groups excluding carboxylic acids is 1. The molecule has 1 aromatic heterocycles. The predicted molar refractivity (Wildman–Crippen MR) is 99.4 cm³/mol. The highest BCUT2D eigenvalue weighted by Crippen LogP contribution is 2.26. The van der Waals surface area contributed by atoms with Crippen molar-refractivity contribution in [2.75, 3.05) is 18.4 Å². The van der Waals surface area contributed by atoms with Crippen molar-refractivity contribution in [1.29, 1.82) is 0 Å². The van der Waals surface area contributed by atoms with Gasteiger partial charge in [0.05, 0.1) is 11.7 Å². The molecular formula is C16H20ClF2N5OS. The molecule has 26 heavy (non-hydrogen) atoms. The highest BCUT2D eigenvalue weighted by Gasteiger charge is 2.23. The van der Waals surface area contributed by atoms with E-state index in [0.717, 1.165) is 31.6 Å². The maximum Gasteiger partial charge on any atom is 0.288 e. The second kappa shape index (κ2) is 9.29. The van der Waals surface area contributed by atoms with Crippen LogP contribution in [0.4, 0.5) is 14.5 Å². The Hall–Kier alpha value is -1.71. The van der Waals surface area contributed by atoms with Gasteiger partial charge in [0, 0.05) is 10.6 Å². The molecule has 0 bridgehead atoms. The molecular weight excluding hydrogens is 384 g/mol. The number of piperidine rings is 1. The van der Waals surface area contributed by atoms with Crippen molar-refractivity contribution in [3.05, 3.63) is 35.7 Å². The van der Waals surface area contributed by atoms with Gasteiger partial charge in [-0.15, -0.1) is 17.5 Å². The van der Waals surface area contributed by atoms with E-state index >= 15 is 0 Å². The Morgan fingerprint density at radius 3 is 2.58 bits per heavy atom. The molecule has 1 amide bonds. The van der Waals surface area contributed by atoms with Crippen molar-refractivity contribution >= 4 is 35.8 Å². The number of nitrogens with one attached hydrogen (secondary N) is 2. The maximum atomic E-state index is 12.4. The van der Waals surface area contributed by atoms with Gasteiger partial charge in [-0.2, -0.15) is 8.78 Å². The minimum absolute atomic E-state index is 0. The number of carbonyl (C=O) groups is 1. The monoisotopic (exact) mass is 403 g/mol. The van der Waals surface area contributed by atoms with Crippen LogP contribution in [0.3, 0.4) is 0 Å². The normalized spacial score (nSPS) is 14.9. The molecule has 1 aromatic carbocycles. The van der Waals surface area contributed by atoms with Gasteiger partial charge in [-0.25, -0.2) is 4.68 Å². The predicted octanol–water partition coefficient (Wildman–Crippen LogP) is 3.50. The first kappa shape index (κ1) is 20.6. The van der Waals surface area contributed by atoms with Crippen molar-refractivity contribution in [3.63, 3.8) is 0 Å². The lowest BCUT2D eigenvalue weighted by Gasteiger charge is -2.23. The Kier molecular flexibility index (Phi) is 7.36. The zero-order valence-corrected chi connectivity index (χ0v) is 15.7. The van der Waals surface area contributed by atoms with Crippen molar-refractivity contribution in [1.82, 2.24) is 20.3 Å². The molecule has 0 radical (unpaired) electrons. The van der Waals surface area contributed by atoms with Crippen LogP contribution in [0, 0.1) is 6.92 Å². The molecule has 142 valence electrons. The van der Waals surface area contributed by atoms with Crippen LogP contribution in [0.15, 0.2) is 29.2 Å². The molecule has 0 aliphatic carbocycles. The topological polar surface area (TPSA) is 71.8 Å². The fourth-order valence-electron chi connectivity index (χ4n) is 2.86. The molecule has 0 atom stereocenters. The SMILES string of the molecule is Cc1c(C(=O)Nc2ccc(SC(F)F)cc2)nnn1C1CCNCC1.Cl. The summed E-state index contributed by atoms with van der Waals surface area (Å²) in [6.07, 6.45) is 1.91. The van der Waals surface area contributed by atoms with Gasteiger partial charge in [-0.3, -0.25) is 4.79 Å². The summed E-state index contributed by atoms with van der Waals surface area (Å²) >= 11 is 0.467. The van der Waals surface area contributed by atoms with Gasteiger partial charge in [0.25, 0.3) is 11.7 Å². The van der Waals surface area contributed by atoms with Crippen LogP contribution in [0.25, 0.3) is 0 Å². The van der Waals surface area contributed by atoms with Crippen LogP contribution < -0.4 is 10.6 Å². The second-order valence-corrected chi connectivity index (χ2v) is 6.87. The first-order valence-corrected chi connectivity index (χ1v) is 8.91. The van der Waals surface area contributed by atoms with Crippen molar-refractivity contribution in [3.8, 4) is 0 Å². The fraction of sp³-hybridized carbons (Fsp3) is 0.438. The number of aromatic nitrogens is 3. The number of halogens is 3. The van der Waals surface area contributed by atoms with E-state index in [2.05, 4.69) is 20.9 Å². The van der Waals surface area contributed by atoms with E-state index in [1.54, 1.807) is 24.3 Å². The second-order valence-electron chi connectivity index (χ2n) is 5.81. The van der Waals surface area contributed by atoms with Crippen molar-refractivity contribution < 1.29 is 13.6 Å². The lowest BCUT2D eigenvalue weighted by Crippen LogP contribution is -2.30. The first-order valence-electron chi connectivity index (χ1n) is 8.03. The van der Waals surface area contributed by atoms with Crippen LogP contribution >= 0.6 is 24.2 Å². The largest absolute Gasteiger partial charge is 0.321 e. The number of benzene rings is 1. The average molecular weight is 404 g/mol. The molecule has 2 N–H and O–H groups in total. The van der Waals surface area contributed by atoms with Crippen LogP contribution in [0.1, 0.15) is 35.1 Å². The summed E-state index contributed by atoms with van der Waals surface area (Å²) in [6.45, 7) is 3.68. The number of anilines is 1. The van der Waals surface area contributed by atoms with Crippen LogP contribution in [-0.4, -0.2) is 39.7 Å². The van der Waals surface area contributed by atoms with E-state index in [4.69, 9.17) is 0 Å². The van der Waals surface area contributed by atoms with E-state index < -0.39 is 5.76 Å². The smallest absolute Gasteiger partial charge is 0.288 e. The van der Waals surface area contributed by atoms with Gasteiger partial charge in [-0.05, 0) is 57.1 Å². The van der Waals surface area contributed by atoms with Gasteiger partial charge in [0.1, 0.15) is 0 Å². The molecule has 0 saturated carbocycles. The lowest BCUT2D eigenvalue weighted by molar-refractivity contribution is 0.102. The Bertz CT molecular complexity index is 735. The maximum absolute atomic E-state index is 12.4. The molecule has 1 saturated heterocycles. The zero-order chi connectivity index (χ0) is 17.8. The third-order valence-corrected chi connectivity index (χ3v) is 4.86. The number of hydrogen-bond acceptors (Lipinski definition) is 5. The first-order chi connectivity index (χ1) is 12.0. The number of alkyl halides is 2. The van der Waals surface area contributed by atoms with Crippen molar-refractivity contribution in [2.24, 2.45) is 0 Å². The third-order valence-electron chi connectivity index (χ3n) is 4.13. The number of amides is 1. The number of thioether (sulfide) groups is 1. The Morgan fingerprint density at radius 1 is 1.31 bits per heavy atom. The van der Waals surface area contributed by atoms with E-state index in [9.17, 15) is 13.6 Å². The molecule has 0 spiro atoms. The Balaban J connectivity index is 0.00000243.